The molecule has 0 saturated heterocycles. The van der Waals surface area contributed by atoms with Gasteiger partial charge in [0.05, 0.1) is 17.4 Å². The number of pyridine rings is 1. The molecular weight excluding hydrogens is 248 g/mol. The van der Waals surface area contributed by atoms with E-state index in [0.717, 1.165) is 42.3 Å². The van der Waals surface area contributed by atoms with Gasteiger partial charge in [-0.05, 0) is 25.0 Å². The Morgan fingerprint density at radius 2 is 2.10 bits per heavy atom. The smallest absolute Gasteiger partial charge is 0.227 e. The zero-order chi connectivity index (χ0) is 14.4. The number of carbonyl (C=O) groups is 1. The standard InChI is InChI=1S/C17H22N2O/c1-3-5-8-13(4-2)17(20)19-15-11-14-9-6-7-10-16(14)18-12-15/h6-7,9-13H,3-5,8H2,1-2H3,(H,19,20). The number of benzene rings is 1. The molecule has 1 N–H and O–H groups in total. The lowest BCUT2D eigenvalue weighted by Gasteiger charge is -2.14. The first-order valence-electron chi connectivity index (χ1n) is 7.40. The Labute approximate surface area is 120 Å². The molecule has 0 radical (unpaired) electrons. The van der Waals surface area contributed by atoms with Crippen LogP contribution in [0.2, 0.25) is 0 Å². The number of hydrogen-bond acceptors (Lipinski definition) is 2. The van der Waals surface area contributed by atoms with Gasteiger partial charge in [-0.2, -0.15) is 0 Å². The maximum Gasteiger partial charge on any atom is 0.227 e. The van der Waals surface area contributed by atoms with Gasteiger partial charge in [0.2, 0.25) is 5.91 Å². The highest BCUT2D eigenvalue weighted by Crippen LogP contribution is 2.19. The van der Waals surface area contributed by atoms with Gasteiger partial charge in [0.25, 0.3) is 0 Å². The summed E-state index contributed by atoms with van der Waals surface area (Å²) in [7, 11) is 0. The number of fused-ring (bicyclic) bond motifs is 1. The highest BCUT2D eigenvalue weighted by atomic mass is 16.1. The second-order valence-corrected chi connectivity index (χ2v) is 5.15. The number of carbonyl (C=O) groups excluding carboxylic acids is 1. The molecule has 0 aliphatic carbocycles. The third-order valence-corrected chi connectivity index (χ3v) is 3.63. The number of amides is 1. The monoisotopic (exact) mass is 270 g/mol. The van der Waals surface area contributed by atoms with Crippen molar-refractivity contribution in [2.24, 2.45) is 5.92 Å². The van der Waals surface area contributed by atoms with Crippen LogP contribution in [0.15, 0.2) is 36.5 Å². The lowest BCUT2D eigenvalue weighted by molar-refractivity contribution is -0.120. The maximum atomic E-state index is 12.2. The van der Waals surface area contributed by atoms with Crippen LogP contribution in [0, 0.1) is 5.92 Å². The maximum absolute atomic E-state index is 12.2. The summed E-state index contributed by atoms with van der Waals surface area (Å²) < 4.78 is 0. The molecule has 1 aromatic heterocycles. The molecule has 0 saturated carbocycles. The van der Waals surface area contributed by atoms with Gasteiger partial charge >= 0.3 is 0 Å². The van der Waals surface area contributed by atoms with E-state index < -0.39 is 0 Å². The molecule has 0 bridgehead atoms. The van der Waals surface area contributed by atoms with Crippen molar-refractivity contribution in [1.29, 1.82) is 0 Å². The van der Waals surface area contributed by atoms with E-state index in [4.69, 9.17) is 0 Å². The van der Waals surface area contributed by atoms with Crippen molar-refractivity contribution in [1.82, 2.24) is 4.98 Å². The highest BCUT2D eigenvalue weighted by molar-refractivity contribution is 5.94. The van der Waals surface area contributed by atoms with Gasteiger partial charge in [0.15, 0.2) is 0 Å². The molecule has 1 heterocycles. The molecule has 3 heteroatoms. The molecule has 0 aliphatic heterocycles. The minimum absolute atomic E-state index is 0.0985. The second-order valence-electron chi connectivity index (χ2n) is 5.15. The van der Waals surface area contributed by atoms with E-state index in [9.17, 15) is 4.79 Å². The summed E-state index contributed by atoms with van der Waals surface area (Å²) >= 11 is 0. The summed E-state index contributed by atoms with van der Waals surface area (Å²) in [6.45, 7) is 4.22. The van der Waals surface area contributed by atoms with Crippen LogP contribution in [0.25, 0.3) is 10.9 Å². The van der Waals surface area contributed by atoms with E-state index in [-0.39, 0.29) is 11.8 Å². The summed E-state index contributed by atoms with van der Waals surface area (Å²) in [5.41, 5.74) is 1.73. The average molecular weight is 270 g/mol. The van der Waals surface area contributed by atoms with Crippen LogP contribution < -0.4 is 5.32 Å². The Kier molecular flexibility index (Phi) is 5.10. The Morgan fingerprint density at radius 1 is 1.30 bits per heavy atom. The van der Waals surface area contributed by atoms with Gasteiger partial charge < -0.3 is 5.32 Å². The fourth-order valence-electron chi connectivity index (χ4n) is 2.35. The van der Waals surface area contributed by atoms with Crippen LogP contribution in [-0.2, 0) is 4.79 Å². The number of nitrogens with zero attached hydrogens (tertiary/aromatic N) is 1. The normalized spacial score (nSPS) is 12.3. The van der Waals surface area contributed by atoms with E-state index in [0.29, 0.717) is 0 Å². The van der Waals surface area contributed by atoms with E-state index in [1.807, 2.05) is 30.3 Å². The molecule has 1 aromatic carbocycles. The SMILES string of the molecule is CCCCC(CC)C(=O)Nc1cnc2ccccc2c1. The lowest BCUT2D eigenvalue weighted by atomic mass is 9.98. The van der Waals surface area contributed by atoms with Crippen LogP contribution >= 0.6 is 0 Å². The number of rotatable bonds is 6. The Morgan fingerprint density at radius 3 is 2.85 bits per heavy atom. The first-order valence-corrected chi connectivity index (χ1v) is 7.40. The number of hydrogen-bond donors (Lipinski definition) is 1. The molecule has 2 rings (SSSR count). The van der Waals surface area contributed by atoms with Crippen molar-refractivity contribution in [2.45, 2.75) is 39.5 Å². The molecule has 106 valence electrons. The zero-order valence-electron chi connectivity index (χ0n) is 12.2. The largest absolute Gasteiger partial charge is 0.324 e. The quantitative estimate of drug-likeness (QED) is 0.845. The van der Waals surface area contributed by atoms with Gasteiger partial charge in [-0.15, -0.1) is 0 Å². The van der Waals surface area contributed by atoms with Gasteiger partial charge in [0, 0.05) is 11.3 Å². The Balaban J connectivity index is 2.08. The number of unbranched alkanes of at least 4 members (excludes halogenated alkanes) is 1. The number of para-hydroxylation sites is 1. The lowest BCUT2D eigenvalue weighted by Crippen LogP contribution is -2.22. The van der Waals surface area contributed by atoms with Crippen molar-refractivity contribution in [3.05, 3.63) is 36.5 Å². The van der Waals surface area contributed by atoms with E-state index in [1.54, 1.807) is 6.20 Å². The zero-order valence-corrected chi connectivity index (χ0v) is 12.2. The first-order chi connectivity index (χ1) is 9.74. The van der Waals surface area contributed by atoms with Crippen molar-refractivity contribution >= 4 is 22.5 Å². The van der Waals surface area contributed by atoms with Gasteiger partial charge in [-0.1, -0.05) is 44.9 Å². The van der Waals surface area contributed by atoms with Gasteiger partial charge in [-0.3, -0.25) is 9.78 Å². The molecule has 20 heavy (non-hydrogen) atoms. The molecule has 1 unspecified atom stereocenters. The number of anilines is 1. The van der Waals surface area contributed by atoms with Crippen molar-refractivity contribution in [3.63, 3.8) is 0 Å². The van der Waals surface area contributed by atoms with Crippen LogP contribution in [0.1, 0.15) is 39.5 Å². The van der Waals surface area contributed by atoms with Gasteiger partial charge in [0.1, 0.15) is 0 Å². The molecule has 3 nitrogen and oxygen atoms in total. The van der Waals surface area contributed by atoms with Crippen LogP contribution in [0.3, 0.4) is 0 Å². The summed E-state index contributed by atoms with van der Waals surface area (Å²) in [4.78, 5) is 16.6. The molecule has 1 amide bonds. The number of nitrogens with one attached hydrogen (secondary N) is 1. The third-order valence-electron chi connectivity index (χ3n) is 3.63. The highest BCUT2D eigenvalue weighted by Gasteiger charge is 2.15. The fourth-order valence-corrected chi connectivity index (χ4v) is 2.35. The van der Waals surface area contributed by atoms with Gasteiger partial charge in [-0.25, -0.2) is 0 Å². The average Bonchev–Trinajstić information content (AvgIpc) is 2.48. The van der Waals surface area contributed by atoms with Crippen molar-refractivity contribution in [2.75, 3.05) is 5.32 Å². The van der Waals surface area contributed by atoms with Crippen molar-refractivity contribution < 1.29 is 4.79 Å². The molecule has 2 aromatic rings. The molecular formula is C17H22N2O. The summed E-state index contributed by atoms with van der Waals surface area (Å²) in [5, 5.41) is 4.04. The Bertz CT molecular complexity index is 580. The molecule has 1 atom stereocenters. The van der Waals surface area contributed by atoms with Crippen LogP contribution in [-0.4, -0.2) is 10.9 Å². The Hall–Kier alpha value is -1.90. The van der Waals surface area contributed by atoms with Crippen molar-refractivity contribution in [3.8, 4) is 0 Å². The van der Waals surface area contributed by atoms with Crippen LogP contribution in [0.4, 0.5) is 5.69 Å². The summed E-state index contributed by atoms with van der Waals surface area (Å²) in [6.07, 6.45) is 5.79. The van der Waals surface area contributed by atoms with E-state index in [2.05, 4.69) is 24.1 Å². The van der Waals surface area contributed by atoms with Crippen LogP contribution in [0.5, 0.6) is 0 Å². The first kappa shape index (κ1) is 14.5. The van der Waals surface area contributed by atoms with E-state index >= 15 is 0 Å². The number of aromatic nitrogens is 1. The molecule has 0 fully saturated rings. The third kappa shape index (κ3) is 3.56. The predicted molar refractivity (Wildman–Crippen MR) is 83.7 cm³/mol. The minimum Gasteiger partial charge on any atom is -0.324 e. The predicted octanol–water partition coefficient (Wildman–Crippen LogP) is 4.39. The fraction of sp³-hybridized carbons (Fsp3) is 0.412. The molecule has 0 aliphatic rings. The summed E-state index contributed by atoms with van der Waals surface area (Å²) in [6, 6.07) is 9.90. The van der Waals surface area contributed by atoms with E-state index in [1.165, 1.54) is 0 Å². The topological polar surface area (TPSA) is 42.0 Å². The summed E-state index contributed by atoms with van der Waals surface area (Å²) in [5.74, 6) is 0.208. The second kappa shape index (κ2) is 7.04. The minimum atomic E-state index is 0.0985. The molecule has 0 spiro atoms.